The molecule has 2 atom stereocenters. The van der Waals surface area contributed by atoms with Crippen LogP contribution in [0, 0.1) is 5.82 Å². The van der Waals surface area contributed by atoms with E-state index in [0.29, 0.717) is 26.2 Å². The molecule has 1 N–H and O–H groups in total. The maximum atomic E-state index is 13.6. The summed E-state index contributed by atoms with van der Waals surface area (Å²) in [4.78, 5) is 13.2. The van der Waals surface area contributed by atoms with Crippen LogP contribution in [0.3, 0.4) is 0 Å². The first-order chi connectivity index (χ1) is 21.6. The Kier molecular flexibility index (Phi) is 10.8. The van der Waals surface area contributed by atoms with Crippen molar-refractivity contribution < 1.29 is 33.2 Å². The molecule has 4 aromatic rings. The maximum Gasteiger partial charge on any atom is 0.407 e. The average Bonchev–Trinajstić information content (AvgIpc) is 3.02. The first-order valence-electron chi connectivity index (χ1n) is 15.4. The van der Waals surface area contributed by atoms with Gasteiger partial charge in [-0.05, 0) is 70.9 Å². The number of benzene rings is 4. The summed E-state index contributed by atoms with van der Waals surface area (Å²) >= 11 is 0. The van der Waals surface area contributed by atoms with E-state index in [0.717, 1.165) is 45.0 Å². The lowest BCUT2D eigenvalue weighted by molar-refractivity contribution is -0.0199. The quantitative estimate of drug-likeness (QED) is 0.0909. The van der Waals surface area contributed by atoms with Crippen molar-refractivity contribution >= 4 is 24.9 Å². The standard InChI is InChI=1S/C36H42FNO6Si/c1-45(2,3)18-17-41-25-44-31-9-6-7-26(20-31)23-42-34-21-27(19-29-8-4-5-10-32(29)34)24-43-35-22-38(36(39)40)16-15-33(35)28-11-13-30(37)14-12-28/h4-14,19-21,33,35H,15-18,22-25H2,1-3H3,(H,39,40). The second-order valence-electron chi connectivity index (χ2n) is 12.8. The topological polar surface area (TPSA) is 77.5 Å². The number of nitrogens with zero attached hydrogens (tertiary/aromatic N) is 1. The number of carboxylic acid groups (broad SMARTS) is 1. The zero-order valence-corrected chi connectivity index (χ0v) is 27.2. The van der Waals surface area contributed by atoms with E-state index in [-0.39, 0.29) is 37.8 Å². The van der Waals surface area contributed by atoms with E-state index in [4.69, 9.17) is 18.9 Å². The first-order valence-corrected chi connectivity index (χ1v) is 19.1. The fourth-order valence-corrected chi connectivity index (χ4v) is 6.28. The first kappa shape index (κ1) is 32.5. The van der Waals surface area contributed by atoms with E-state index in [1.165, 1.54) is 17.0 Å². The molecular weight excluding hydrogens is 589 g/mol. The number of ether oxygens (including phenoxy) is 4. The molecule has 1 amide bonds. The zero-order valence-electron chi connectivity index (χ0n) is 26.2. The number of rotatable bonds is 13. The minimum absolute atomic E-state index is 0.0439. The van der Waals surface area contributed by atoms with Gasteiger partial charge in [0.15, 0.2) is 6.79 Å². The molecule has 238 valence electrons. The van der Waals surface area contributed by atoms with Gasteiger partial charge in [0.05, 0.1) is 19.3 Å². The lowest BCUT2D eigenvalue weighted by Gasteiger charge is -2.37. The molecule has 1 aliphatic rings. The highest BCUT2D eigenvalue weighted by Gasteiger charge is 2.33. The highest BCUT2D eigenvalue weighted by molar-refractivity contribution is 6.76. The Morgan fingerprint density at radius 1 is 0.933 bits per heavy atom. The van der Waals surface area contributed by atoms with Crippen LogP contribution in [0.2, 0.25) is 25.7 Å². The fraction of sp³-hybridized carbons (Fsp3) is 0.361. The van der Waals surface area contributed by atoms with Crippen LogP contribution in [0.4, 0.5) is 9.18 Å². The van der Waals surface area contributed by atoms with Crippen molar-refractivity contribution in [3.63, 3.8) is 0 Å². The van der Waals surface area contributed by atoms with Gasteiger partial charge in [0, 0.05) is 32.5 Å². The third-order valence-electron chi connectivity index (χ3n) is 8.07. The molecule has 5 rings (SSSR count). The van der Waals surface area contributed by atoms with E-state index in [2.05, 4.69) is 25.7 Å². The fourth-order valence-electron chi connectivity index (χ4n) is 5.52. The van der Waals surface area contributed by atoms with Gasteiger partial charge in [-0.15, -0.1) is 0 Å². The van der Waals surface area contributed by atoms with Crippen LogP contribution in [0.1, 0.15) is 29.0 Å². The molecule has 0 bridgehead atoms. The monoisotopic (exact) mass is 631 g/mol. The Hall–Kier alpha value is -3.92. The van der Waals surface area contributed by atoms with Crippen LogP contribution in [0.15, 0.2) is 84.9 Å². The summed E-state index contributed by atoms with van der Waals surface area (Å²) in [6.45, 7) is 9.17. The number of likely N-dealkylation sites (tertiary alicyclic amines) is 1. The van der Waals surface area contributed by atoms with Crippen LogP contribution >= 0.6 is 0 Å². The minimum atomic E-state index is -1.14. The third-order valence-corrected chi connectivity index (χ3v) is 9.78. The third kappa shape index (κ3) is 9.29. The van der Waals surface area contributed by atoms with Gasteiger partial charge in [-0.1, -0.05) is 68.2 Å². The molecular formula is C36H42FNO6Si. The number of amides is 1. The zero-order chi connectivity index (χ0) is 31.8. The Labute approximate surface area is 265 Å². The van der Waals surface area contributed by atoms with Crippen LogP contribution < -0.4 is 9.47 Å². The SMILES string of the molecule is C[Si](C)(C)CCOCOc1cccc(COc2cc(COC3CN(C(=O)O)CCC3c3ccc(F)cc3)cc3ccccc23)c1. The van der Waals surface area contributed by atoms with E-state index >= 15 is 0 Å². The van der Waals surface area contributed by atoms with E-state index < -0.39 is 14.2 Å². The molecule has 0 spiro atoms. The molecule has 9 heteroatoms. The summed E-state index contributed by atoms with van der Waals surface area (Å²) in [5.41, 5.74) is 2.83. The minimum Gasteiger partial charge on any atom is -0.488 e. The van der Waals surface area contributed by atoms with Crippen molar-refractivity contribution in [2.24, 2.45) is 0 Å². The molecule has 7 nitrogen and oxygen atoms in total. The lowest BCUT2D eigenvalue weighted by atomic mass is 9.87. The summed E-state index contributed by atoms with van der Waals surface area (Å²) in [5, 5.41) is 11.7. The van der Waals surface area contributed by atoms with Crippen LogP contribution in [0.25, 0.3) is 10.8 Å². The van der Waals surface area contributed by atoms with Crippen LogP contribution in [0.5, 0.6) is 11.5 Å². The van der Waals surface area contributed by atoms with Crippen LogP contribution in [-0.4, -0.2) is 56.8 Å². The molecule has 1 fully saturated rings. The Bertz CT molecular complexity index is 1570. The van der Waals surface area contributed by atoms with Gasteiger partial charge >= 0.3 is 6.09 Å². The molecule has 0 saturated carbocycles. The van der Waals surface area contributed by atoms with Crippen molar-refractivity contribution in [3.8, 4) is 11.5 Å². The van der Waals surface area contributed by atoms with Crippen LogP contribution in [-0.2, 0) is 22.7 Å². The number of hydrogen-bond acceptors (Lipinski definition) is 5. The number of hydrogen-bond donors (Lipinski definition) is 1. The average molecular weight is 632 g/mol. The predicted octanol–water partition coefficient (Wildman–Crippen LogP) is 8.30. The van der Waals surface area contributed by atoms with Crippen molar-refractivity contribution in [1.82, 2.24) is 4.90 Å². The van der Waals surface area contributed by atoms with Gasteiger partial charge in [0.1, 0.15) is 23.9 Å². The highest BCUT2D eigenvalue weighted by atomic mass is 28.3. The molecule has 4 aromatic carbocycles. The molecule has 1 aliphatic heterocycles. The van der Waals surface area contributed by atoms with Gasteiger partial charge in [0.2, 0.25) is 0 Å². The number of halogens is 1. The Morgan fingerprint density at radius 2 is 1.73 bits per heavy atom. The van der Waals surface area contributed by atoms with Crippen molar-refractivity contribution in [1.29, 1.82) is 0 Å². The van der Waals surface area contributed by atoms with Gasteiger partial charge < -0.3 is 29.0 Å². The molecule has 1 saturated heterocycles. The summed E-state index contributed by atoms with van der Waals surface area (Å²) in [6.07, 6.45) is -0.743. The maximum absolute atomic E-state index is 13.6. The summed E-state index contributed by atoms with van der Waals surface area (Å²) in [5.74, 6) is 1.12. The van der Waals surface area contributed by atoms with E-state index in [9.17, 15) is 14.3 Å². The van der Waals surface area contributed by atoms with Crippen molar-refractivity contribution in [2.45, 2.75) is 57.3 Å². The van der Waals surface area contributed by atoms with Crippen molar-refractivity contribution in [2.75, 3.05) is 26.5 Å². The predicted molar refractivity (Wildman–Crippen MR) is 176 cm³/mol. The highest BCUT2D eigenvalue weighted by Crippen LogP contribution is 2.33. The largest absolute Gasteiger partial charge is 0.488 e. The number of fused-ring (bicyclic) bond motifs is 1. The van der Waals surface area contributed by atoms with Gasteiger partial charge in [0.25, 0.3) is 0 Å². The summed E-state index contributed by atoms with van der Waals surface area (Å²) in [6, 6.07) is 27.4. The second kappa shape index (κ2) is 14.9. The molecule has 0 aromatic heterocycles. The normalized spacial score (nSPS) is 16.9. The van der Waals surface area contributed by atoms with Gasteiger partial charge in [-0.25, -0.2) is 9.18 Å². The molecule has 0 aliphatic carbocycles. The number of piperidine rings is 1. The van der Waals surface area contributed by atoms with Gasteiger partial charge in [-0.3, -0.25) is 0 Å². The molecule has 45 heavy (non-hydrogen) atoms. The summed E-state index contributed by atoms with van der Waals surface area (Å²) < 4.78 is 37.9. The van der Waals surface area contributed by atoms with Crippen molar-refractivity contribution in [3.05, 3.63) is 107 Å². The summed E-state index contributed by atoms with van der Waals surface area (Å²) in [7, 11) is -1.14. The van der Waals surface area contributed by atoms with Gasteiger partial charge in [-0.2, -0.15) is 0 Å². The molecule has 1 heterocycles. The van der Waals surface area contributed by atoms with E-state index in [1.54, 1.807) is 12.1 Å². The lowest BCUT2D eigenvalue weighted by Crippen LogP contribution is -2.46. The number of carbonyl (C=O) groups is 1. The Morgan fingerprint density at radius 3 is 2.51 bits per heavy atom. The molecule has 2 unspecified atom stereocenters. The molecule has 0 radical (unpaired) electrons. The second-order valence-corrected chi connectivity index (χ2v) is 18.4. The smallest absolute Gasteiger partial charge is 0.407 e. The Balaban J connectivity index is 1.26. The van der Waals surface area contributed by atoms with E-state index in [1.807, 2.05) is 54.6 Å².